The number of nitrogens with zero attached hydrogens (tertiary/aromatic N) is 1. The van der Waals surface area contributed by atoms with Crippen LogP contribution < -0.4 is 4.74 Å². The molecule has 1 heterocycles. The molecule has 1 aromatic heterocycles. The molecule has 1 rings (SSSR count). The third kappa shape index (κ3) is 2.80. The maximum Gasteiger partial charge on any atom is 0.388 e. The van der Waals surface area contributed by atoms with E-state index in [0.29, 0.717) is 10.6 Å². The van der Waals surface area contributed by atoms with Crippen molar-refractivity contribution in [2.24, 2.45) is 0 Å². The molecule has 0 aromatic carbocycles. The van der Waals surface area contributed by atoms with E-state index in [9.17, 15) is 8.78 Å². The van der Waals surface area contributed by atoms with Crippen LogP contribution in [0.4, 0.5) is 8.78 Å². The van der Waals surface area contributed by atoms with Crippen molar-refractivity contribution < 1.29 is 13.5 Å². The number of ether oxygens (including phenoxy) is 1. The van der Waals surface area contributed by atoms with Crippen LogP contribution in [0, 0.1) is 0 Å². The predicted octanol–water partition coefficient (Wildman–Crippen LogP) is 3.46. The molecule has 0 saturated heterocycles. The number of alkyl halides is 2. The first kappa shape index (κ1) is 11.2. The SMILES string of the molecule is CC(C)c1cc(Cl)cnc1OC(F)F. The molecule has 0 amide bonds. The van der Waals surface area contributed by atoms with Crippen LogP contribution in [0.15, 0.2) is 12.3 Å². The molecule has 0 N–H and O–H groups in total. The molecule has 78 valence electrons. The van der Waals surface area contributed by atoms with Crippen LogP contribution in [-0.4, -0.2) is 11.6 Å². The van der Waals surface area contributed by atoms with Gasteiger partial charge in [0.2, 0.25) is 5.88 Å². The molecule has 0 aliphatic heterocycles. The molecule has 0 unspecified atom stereocenters. The van der Waals surface area contributed by atoms with Gasteiger partial charge in [-0.15, -0.1) is 0 Å². The van der Waals surface area contributed by atoms with Gasteiger partial charge in [-0.05, 0) is 12.0 Å². The summed E-state index contributed by atoms with van der Waals surface area (Å²) in [5.74, 6) is -0.0191. The van der Waals surface area contributed by atoms with E-state index >= 15 is 0 Å². The Labute approximate surface area is 85.9 Å². The molecular weight excluding hydrogens is 212 g/mol. The minimum absolute atomic E-state index is 0.0370. The van der Waals surface area contributed by atoms with Crippen molar-refractivity contribution in [3.63, 3.8) is 0 Å². The molecule has 0 radical (unpaired) electrons. The normalized spacial score (nSPS) is 11.1. The van der Waals surface area contributed by atoms with Gasteiger partial charge in [0, 0.05) is 11.8 Å². The van der Waals surface area contributed by atoms with Gasteiger partial charge in [0.1, 0.15) is 0 Å². The summed E-state index contributed by atoms with van der Waals surface area (Å²) in [5.41, 5.74) is 0.581. The highest BCUT2D eigenvalue weighted by Crippen LogP contribution is 2.27. The van der Waals surface area contributed by atoms with E-state index in [1.165, 1.54) is 6.20 Å². The number of halogens is 3. The standard InChI is InChI=1S/C9H10ClF2NO/c1-5(2)7-3-6(10)4-13-8(7)14-9(11)12/h3-5,9H,1-2H3. The van der Waals surface area contributed by atoms with E-state index in [2.05, 4.69) is 9.72 Å². The highest BCUT2D eigenvalue weighted by atomic mass is 35.5. The van der Waals surface area contributed by atoms with Crippen molar-refractivity contribution in [3.8, 4) is 5.88 Å². The van der Waals surface area contributed by atoms with Crippen molar-refractivity contribution >= 4 is 11.6 Å². The second kappa shape index (κ2) is 4.55. The third-order valence-corrected chi connectivity index (χ3v) is 1.87. The quantitative estimate of drug-likeness (QED) is 0.780. The van der Waals surface area contributed by atoms with Crippen LogP contribution in [-0.2, 0) is 0 Å². The van der Waals surface area contributed by atoms with Crippen molar-refractivity contribution in [3.05, 3.63) is 22.8 Å². The average Bonchev–Trinajstić information content (AvgIpc) is 2.07. The molecule has 0 atom stereocenters. The van der Waals surface area contributed by atoms with E-state index in [1.807, 2.05) is 13.8 Å². The molecule has 0 spiro atoms. The van der Waals surface area contributed by atoms with E-state index in [-0.39, 0.29) is 11.8 Å². The summed E-state index contributed by atoms with van der Waals surface area (Å²) in [4.78, 5) is 3.71. The maximum absolute atomic E-state index is 12.0. The highest BCUT2D eigenvalue weighted by Gasteiger charge is 2.13. The summed E-state index contributed by atoms with van der Waals surface area (Å²) < 4.78 is 28.2. The lowest BCUT2D eigenvalue weighted by Gasteiger charge is -2.11. The fraction of sp³-hybridized carbons (Fsp3) is 0.444. The van der Waals surface area contributed by atoms with E-state index in [0.717, 1.165) is 0 Å². The number of hydrogen-bond acceptors (Lipinski definition) is 2. The fourth-order valence-electron chi connectivity index (χ4n) is 1.04. The topological polar surface area (TPSA) is 22.1 Å². The zero-order valence-electron chi connectivity index (χ0n) is 7.80. The minimum atomic E-state index is -2.86. The van der Waals surface area contributed by atoms with Crippen molar-refractivity contribution in [1.29, 1.82) is 0 Å². The van der Waals surface area contributed by atoms with E-state index < -0.39 is 6.61 Å². The van der Waals surface area contributed by atoms with Gasteiger partial charge in [-0.1, -0.05) is 25.4 Å². The molecule has 2 nitrogen and oxygen atoms in total. The Balaban J connectivity index is 3.02. The maximum atomic E-state index is 12.0. The summed E-state index contributed by atoms with van der Waals surface area (Å²) in [7, 11) is 0. The lowest BCUT2D eigenvalue weighted by atomic mass is 10.1. The van der Waals surface area contributed by atoms with Gasteiger partial charge >= 0.3 is 6.61 Å². The van der Waals surface area contributed by atoms with E-state index in [1.54, 1.807) is 6.07 Å². The molecule has 1 aromatic rings. The lowest BCUT2D eigenvalue weighted by molar-refractivity contribution is -0.0536. The molecule has 0 saturated carbocycles. The first-order valence-corrected chi connectivity index (χ1v) is 4.48. The molecular formula is C9H10ClF2NO. The second-order valence-electron chi connectivity index (χ2n) is 3.08. The molecule has 14 heavy (non-hydrogen) atoms. The molecule has 0 aliphatic rings. The van der Waals surface area contributed by atoms with Gasteiger partial charge in [-0.3, -0.25) is 0 Å². The lowest BCUT2D eigenvalue weighted by Crippen LogP contribution is -2.06. The Morgan fingerprint density at radius 1 is 1.43 bits per heavy atom. The summed E-state index contributed by atoms with van der Waals surface area (Å²) >= 11 is 5.69. The Kier molecular flexibility index (Phi) is 3.63. The van der Waals surface area contributed by atoms with Gasteiger partial charge in [0.15, 0.2) is 0 Å². The smallest absolute Gasteiger partial charge is 0.388 e. The van der Waals surface area contributed by atoms with Crippen molar-refractivity contribution in [2.45, 2.75) is 26.4 Å². The van der Waals surface area contributed by atoms with Crippen molar-refractivity contribution in [1.82, 2.24) is 4.98 Å². The number of aromatic nitrogens is 1. The summed E-state index contributed by atoms with van der Waals surface area (Å²) in [6.45, 7) is 0.846. The van der Waals surface area contributed by atoms with Crippen LogP contribution in [0.5, 0.6) is 5.88 Å². The fourth-order valence-corrected chi connectivity index (χ4v) is 1.21. The second-order valence-corrected chi connectivity index (χ2v) is 3.52. The Bertz CT molecular complexity index is 318. The minimum Gasteiger partial charge on any atom is -0.417 e. The van der Waals surface area contributed by atoms with Crippen LogP contribution in [0.1, 0.15) is 25.3 Å². The third-order valence-electron chi connectivity index (χ3n) is 1.67. The molecule has 5 heteroatoms. The van der Waals surface area contributed by atoms with Gasteiger partial charge in [-0.25, -0.2) is 4.98 Å². The van der Waals surface area contributed by atoms with Gasteiger partial charge in [0.25, 0.3) is 0 Å². The van der Waals surface area contributed by atoms with Crippen LogP contribution in [0.2, 0.25) is 5.02 Å². The van der Waals surface area contributed by atoms with Gasteiger partial charge in [-0.2, -0.15) is 8.78 Å². The zero-order valence-corrected chi connectivity index (χ0v) is 8.55. The summed E-state index contributed by atoms with van der Waals surface area (Å²) in [6.07, 6.45) is 1.28. The van der Waals surface area contributed by atoms with Crippen LogP contribution in [0.25, 0.3) is 0 Å². The Morgan fingerprint density at radius 2 is 2.07 bits per heavy atom. The molecule has 0 fully saturated rings. The van der Waals surface area contributed by atoms with Crippen molar-refractivity contribution in [2.75, 3.05) is 0 Å². The van der Waals surface area contributed by atoms with Gasteiger partial charge < -0.3 is 4.74 Å². The average molecular weight is 222 g/mol. The Hall–Kier alpha value is -0.900. The number of hydrogen-bond donors (Lipinski definition) is 0. The molecule has 0 aliphatic carbocycles. The zero-order chi connectivity index (χ0) is 10.7. The largest absolute Gasteiger partial charge is 0.417 e. The Morgan fingerprint density at radius 3 is 2.57 bits per heavy atom. The predicted molar refractivity (Wildman–Crippen MR) is 50.0 cm³/mol. The number of pyridine rings is 1. The molecule has 0 bridgehead atoms. The monoisotopic (exact) mass is 221 g/mol. The van der Waals surface area contributed by atoms with Crippen LogP contribution >= 0.6 is 11.6 Å². The van der Waals surface area contributed by atoms with Gasteiger partial charge in [0.05, 0.1) is 5.02 Å². The van der Waals surface area contributed by atoms with E-state index in [4.69, 9.17) is 11.6 Å². The highest BCUT2D eigenvalue weighted by molar-refractivity contribution is 6.30. The van der Waals surface area contributed by atoms with Crippen LogP contribution in [0.3, 0.4) is 0 Å². The summed E-state index contributed by atoms with van der Waals surface area (Å²) in [5, 5.41) is 0.412. The first-order valence-electron chi connectivity index (χ1n) is 4.11. The first-order chi connectivity index (χ1) is 6.50. The summed E-state index contributed by atoms with van der Waals surface area (Å²) in [6, 6.07) is 1.58. The number of rotatable bonds is 3.